The third-order valence-electron chi connectivity index (χ3n) is 4.03. The zero-order chi connectivity index (χ0) is 11.7. The van der Waals surface area contributed by atoms with Crippen LogP contribution in [0.25, 0.3) is 0 Å². The lowest BCUT2D eigenvalue weighted by Crippen LogP contribution is -2.29. The van der Waals surface area contributed by atoms with Gasteiger partial charge < -0.3 is 14.6 Å². The maximum Gasteiger partial charge on any atom is 0.211 e. The molecule has 1 aromatic heterocycles. The van der Waals surface area contributed by atoms with Crippen LogP contribution in [-0.2, 0) is 0 Å². The second kappa shape index (κ2) is 4.78. The molecule has 1 unspecified atom stereocenters. The molecule has 0 bridgehead atoms. The van der Waals surface area contributed by atoms with Gasteiger partial charge in [-0.05, 0) is 52.4 Å². The van der Waals surface area contributed by atoms with Gasteiger partial charge >= 0.3 is 0 Å². The molecule has 2 fully saturated rings. The summed E-state index contributed by atoms with van der Waals surface area (Å²) < 4.78 is 5.64. The smallest absolute Gasteiger partial charge is 0.211 e. The van der Waals surface area contributed by atoms with Crippen molar-refractivity contribution < 1.29 is 4.42 Å². The molecule has 1 atom stereocenters. The molecule has 3 heterocycles. The van der Waals surface area contributed by atoms with Crippen LogP contribution in [0, 0.1) is 0 Å². The predicted octanol–water partition coefficient (Wildman–Crippen LogP) is 1.91. The molecule has 2 aliphatic heterocycles. The maximum atomic E-state index is 5.64. The zero-order valence-corrected chi connectivity index (χ0v) is 10.5. The molecular weight excluding hydrogens is 214 g/mol. The van der Waals surface area contributed by atoms with Crippen molar-refractivity contribution in [3.63, 3.8) is 0 Å². The number of nitrogens with one attached hydrogen (secondary N) is 1. The summed E-state index contributed by atoms with van der Waals surface area (Å²) in [5, 5.41) is 3.43. The quantitative estimate of drug-likeness (QED) is 0.850. The summed E-state index contributed by atoms with van der Waals surface area (Å²) in [4.78, 5) is 7.08. The van der Waals surface area contributed by atoms with E-state index in [4.69, 9.17) is 9.40 Å². The number of rotatable bonds is 2. The molecule has 3 rings (SSSR count). The van der Waals surface area contributed by atoms with Crippen LogP contribution in [0.15, 0.2) is 10.7 Å². The number of nitrogens with zero attached hydrogens (tertiary/aromatic N) is 2. The Kier molecular flexibility index (Phi) is 3.16. The van der Waals surface area contributed by atoms with Crippen LogP contribution in [0.5, 0.6) is 0 Å². The molecule has 0 amide bonds. The SMILES string of the molecule is CN1CCC(c2coc(C3CCCN3)n2)CC1. The number of piperidine rings is 1. The monoisotopic (exact) mass is 235 g/mol. The van der Waals surface area contributed by atoms with Gasteiger partial charge in [0.2, 0.25) is 5.89 Å². The number of oxazole rings is 1. The van der Waals surface area contributed by atoms with E-state index in [1.54, 1.807) is 0 Å². The number of aromatic nitrogens is 1. The first kappa shape index (κ1) is 11.2. The Morgan fingerprint density at radius 3 is 2.88 bits per heavy atom. The molecule has 4 nitrogen and oxygen atoms in total. The summed E-state index contributed by atoms with van der Waals surface area (Å²) in [6, 6.07) is 0.356. The summed E-state index contributed by atoms with van der Waals surface area (Å²) >= 11 is 0. The summed E-state index contributed by atoms with van der Waals surface area (Å²) in [6.07, 6.45) is 6.69. The molecule has 2 aliphatic rings. The Labute approximate surface area is 102 Å². The summed E-state index contributed by atoms with van der Waals surface area (Å²) in [5.74, 6) is 1.50. The van der Waals surface area contributed by atoms with E-state index in [9.17, 15) is 0 Å². The minimum Gasteiger partial charge on any atom is -0.447 e. The highest BCUT2D eigenvalue weighted by atomic mass is 16.3. The van der Waals surface area contributed by atoms with Gasteiger partial charge in [0, 0.05) is 5.92 Å². The third kappa shape index (κ3) is 2.38. The van der Waals surface area contributed by atoms with Crippen LogP contribution in [0.3, 0.4) is 0 Å². The minimum atomic E-state index is 0.356. The third-order valence-corrected chi connectivity index (χ3v) is 4.03. The van der Waals surface area contributed by atoms with Gasteiger partial charge in [0.25, 0.3) is 0 Å². The van der Waals surface area contributed by atoms with Crippen molar-refractivity contribution in [2.75, 3.05) is 26.7 Å². The van der Waals surface area contributed by atoms with Crippen molar-refractivity contribution in [1.29, 1.82) is 0 Å². The van der Waals surface area contributed by atoms with Crippen molar-refractivity contribution in [3.05, 3.63) is 17.8 Å². The Morgan fingerprint density at radius 2 is 2.18 bits per heavy atom. The Morgan fingerprint density at radius 1 is 1.35 bits per heavy atom. The van der Waals surface area contributed by atoms with Crippen molar-refractivity contribution >= 4 is 0 Å². The second-order valence-corrected chi connectivity index (χ2v) is 5.34. The van der Waals surface area contributed by atoms with Gasteiger partial charge in [-0.1, -0.05) is 0 Å². The lowest BCUT2D eigenvalue weighted by Gasteiger charge is -2.27. The largest absolute Gasteiger partial charge is 0.447 e. The second-order valence-electron chi connectivity index (χ2n) is 5.34. The first-order valence-electron chi connectivity index (χ1n) is 6.70. The van der Waals surface area contributed by atoms with E-state index in [1.807, 2.05) is 6.26 Å². The molecule has 94 valence electrons. The van der Waals surface area contributed by atoms with Crippen LogP contribution in [-0.4, -0.2) is 36.6 Å². The summed E-state index contributed by atoms with van der Waals surface area (Å²) in [5.41, 5.74) is 1.17. The van der Waals surface area contributed by atoms with Gasteiger partial charge in [-0.2, -0.15) is 0 Å². The van der Waals surface area contributed by atoms with E-state index in [0.29, 0.717) is 12.0 Å². The Bertz CT molecular complexity index is 362. The standard InChI is InChI=1S/C13H21N3O/c1-16-7-4-10(5-8-16)12-9-17-13(15-12)11-3-2-6-14-11/h9-11,14H,2-8H2,1H3. The molecule has 1 aromatic rings. The fourth-order valence-corrected chi connectivity index (χ4v) is 2.85. The number of hydrogen-bond donors (Lipinski definition) is 1. The molecule has 2 saturated heterocycles. The Balaban J connectivity index is 1.67. The van der Waals surface area contributed by atoms with Gasteiger partial charge in [-0.15, -0.1) is 0 Å². The fourth-order valence-electron chi connectivity index (χ4n) is 2.85. The highest BCUT2D eigenvalue weighted by Gasteiger charge is 2.25. The normalized spacial score (nSPS) is 27.7. The predicted molar refractivity (Wildman–Crippen MR) is 66.0 cm³/mol. The van der Waals surface area contributed by atoms with E-state index >= 15 is 0 Å². The molecule has 17 heavy (non-hydrogen) atoms. The molecule has 0 aliphatic carbocycles. The Hall–Kier alpha value is -0.870. The van der Waals surface area contributed by atoms with Crippen molar-refractivity contribution in [2.45, 2.75) is 37.6 Å². The van der Waals surface area contributed by atoms with Crippen LogP contribution >= 0.6 is 0 Å². The van der Waals surface area contributed by atoms with Gasteiger partial charge in [0.1, 0.15) is 6.26 Å². The molecule has 4 heteroatoms. The lowest BCUT2D eigenvalue weighted by molar-refractivity contribution is 0.253. The average Bonchev–Trinajstić information content (AvgIpc) is 3.00. The van der Waals surface area contributed by atoms with Gasteiger partial charge in [-0.3, -0.25) is 0 Å². The molecule has 0 aromatic carbocycles. The van der Waals surface area contributed by atoms with E-state index in [1.165, 1.54) is 38.0 Å². The first-order chi connectivity index (χ1) is 8.33. The number of likely N-dealkylation sites (tertiary alicyclic amines) is 1. The van der Waals surface area contributed by atoms with E-state index in [0.717, 1.165) is 18.9 Å². The fraction of sp³-hybridized carbons (Fsp3) is 0.769. The summed E-state index contributed by atoms with van der Waals surface area (Å²) in [6.45, 7) is 3.44. The number of hydrogen-bond acceptors (Lipinski definition) is 4. The molecule has 0 saturated carbocycles. The van der Waals surface area contributed by atoms with E-state index in [-0.39, 0.29) is 0 Å². The van der Waals surface area contributed by atoms with Crippen LogP contribution in [0.1, 0.15) is 49.2 Å². The zero-order valence-electron chi connectivity index (χ0n) is 10.5. The lowest BCUT2D eigenvalue weighted by atomic mass is 9.94. The van der Waals surface area contributed by atoms with Crippen LogP contribution in [0.4, 0.5) is 0 Å². The molecular formula is C13H21N3O. The molecule has 1 N–H and O–H groups in total. The molecule has 0 radical (unpaired) electrons. The van der Waals surface area contributed by atoms with E-state index < -0.39 is 0 Å². The maximum absolute atomic E-state index is 5.64. The van der Waals surface area contributed by atoms with Crippen LogP contribution in [0.2, 0.25) is 0 Å². The van der Waals surface area contributed by atoms with Crippen molar-refractivity contribution in [3.8, 4) is 0 Å². The average molecular weight is 235 g/mol. The van der Waals surface area contributed by atoms with Crippen molar-refractivity contribution in [2.24, 2.45) is 0 Å². The highest BCUT2D eigenvalue weighted by Crippen LogP contribution is 2.29. The minimum absolute atomic E-state index is 0.356. The highest BCUT2D eigenvalue weighted by molar-refractivity contribution is 5.08. The topological polar surface area (TPSA) is 41.3 Å². The van der Waals surface area contributed by atoms with Gasteiger partial charge in [-0.25, -0.2) is 4.98 Å². The molecule has 0 spiro atoms. The van der Waals surface area contributed by atoms with Crippen LogP contribution < -0.4 is 5.32 Å². The summed E-state index contributed by atoms with van der Waals surface area (Å²) in [7, 11) is 2.19. The van der Waals surface area contributed by atoms with Gasteiger partial charge in [0.05, 0.1) is 11.7 Å². The van der Waals surface area contributed by atoms with Gasteiger partial charge in [0.15, 0.2) is 0 Å². The first-order valence-corrected chi connectivity index (χ1v) is 6.70. The van der Waals surface area contributed by atoms with E-state index in [2.05, 4.69) is 17.3 Å². The van der Waals surface area contributed by atoms with Crippen molar-refractivity contribution in [1.82, 2.24) is 15.2 Å².